The molecule has 0 amide bonds. The number of ether oxygens (including phenoxy) is 1. The molecule has 1 aliphatic carbocycles. The van der Waals surface area contributed by atoms with Gasteiger partial charge in [0.15, 0.2) is 11.7 Å². The van der Waals surface area contributed by atoms with Crippen molar-refractivity contribution in [3.8, 4) is 10.6 Å². The van der Waals surface area contributed by atoms with Gasteiger partial charge in [-0.3, -0.25) is 0 Å². The Morgan fingerprint density at radius 1 is 1.17 bits per heavy atom. The first-order valence-corrected chi connectivity index (χ1v) is 10.5. The summed E-state index contributed by atoms with van der Waals surface area (Å²) in [5.74, 6) is 1.86. The second-order valence-corrected chi connectivity index (χ2v) is 9.43. The number of thiophene rings is 1. The lowest BCUT2D eigenvalue weighted by Crippen LogP contribution is -2.40. The van der Waals surface area contributed by atoms with Crippen LogP contribution < -0.4 is 0 Å². The lowest BCUT2D eigenvalue weighted by Gasteiger charge is -2.25. The van der Waals surface area contributed by atoms with Crippen LogP contribution in [0.15, 0.2) is 27.0 Å². The van der Waals surface area contributed by atoms with Crippen molar-refractivity contribution >= 4 is 21.4 Å². The van der Waals surface area contributed by atoms with Crippen LogP contribution in [0, 0.1) is 0 Å². The maximum absolute atomic E-state index is 12.7. The maximum Gasteiger partial charge on any atom is 0.252 e. The number of nitrogens with zero attached hydrogens (tertiary/aromatic N) is 2. The van der Waals surface area contributed by atoms with Crippen molar-refractivity contribution in [2.24, 2.45) is 0 Å². The molecule has 0 aromatic carbocycles. The summed E-state index contributed by atoms with van der Waals surface area (Å²) in [7, 11) is -3.45. The van der Waals surface area contributed by atoms with Gasteiger partial charge >= 0.3 is 0 Å². The molecule has 130 valence electrons. The van der Waals surface area contributed by atoms with Gasteiger partial charge in [-0.25, -0.2) is 13.4 Å². The Labute approximate surface area is 145 Å². The van der Waals surface area contributed by atoms with Gasteiger partial charge in [0, 0.05) is 19.0 Å². The largest absolute Gasteiger partial charge is 0.440 e. The average Bonchev–Trinajstić information content (AvgIpc) is 3.34. The first kappa shape index (κ1) is 16.3. The molecule has 0 radical (unpaired) electrons. The standard InChI is InChI=1S/C16H20N2O4S2/c19-24(20,18-7-9-21-10-8-18)15-6-5-14(23-15)13-11-17-16(22-13)12-3-1-2-4-12/h5-6,11-12H,1-4,7-10H2. The van der Waals surface area contributed by atoms with E-state index in [4.69, 9.17) is 9.15 Å². The fourth-order valence-electron chi connectivity index (χ4n) is 3.27. The van der Waals surface area contributed by atoms with Gasteiger partial charge in [-0.2, -0.15) is 4.31 Å². The monoisotopic (exact) mass is 368 g/mol. The number of morpholine rings is 1. The third-order valence-corrected chi connectivity index (χ3v) is 8.08. The smallest absolute Gasteiger partial charge is 0.252 e. The second kappa shape index (κ2) is 6.59. The third-order valence-electron chi connectivity index (χ3n) is 4.62. The SMILES string of the molecule is O=S(=O)(c1ccc(-c2cnc(C3CCCC3)o2)s1)N1CCOCC1. The normalized spacial score (nSPS) is 20.7. The van der Waals surface area contributed by atoms with Gasteiger partial charge in [0.25, 0.3) is 10.0 Å². The Hall–Kier alpha value is -1.22. The first-order valence-electron chi connectivity index (χ1n) is 8.28. The molecule has 2 aliphatic rings. The molecule has 2 aromatic heterocycles. The molecule has 1 aliphatic heterocycles. The number of sulfonamides is 1. The fraction of sp³-hybridized carbons (Fsp3) is 0.562. The summed E-state index contributed by atoms with van der Waals surface area (Å²) in [4.78, 5) is 5.20. The van der Waals surface area contributed by atoms with E-state index in [1.807, 2.05) is 0 Å². The molecule has 8 heteroatoms. The number of rotatable bonds is 4. The number of hydrogen-bond acceptors (Lipinski definition) is 6. The molecule has 0 unspecified atom stereocenters. The van der Waals surface area contributed by atoms with Gasteiger partial charge in [-0.1, -0.05) is 12.8 Å². The minimum atomic E-state index is -3.45. The zero-order valence-corrected chi connectivity index (χ0v) is 14.9. The molecule has 6 nitrogen and oxygen atoms in total. The summed E-state index contributed by atoms with van der Waals surface area (Å²) >= 11 is 1.24. The van der Waals surface area contributed by atoms with Crippen molar-refractivity contribution < 1.29 is 17.6 Å². The molecule has 1 saturated carbocycles. The van der Waals surface area contributed by atoms with Crippen LogP contribution in [0.3, 0.4) is 0 Å². The molecule has 1 saturated heterocycles. The van der Waals surface area contributed by atoms with Crippen molar-refractivity contribution in [2.75, 3.05) is 26.3 Å². The van der Waals surface area contributed by atoms with Gasteiger partial charge in [0.1, 0.15) is 4.21 Å². The Morgan fingerprint density at radius 3 is 2.67 bits per heavy atom. The van der Waals surface area contributed by atoms with Gasteiger partial charge in [-0.05, 0) is 25.0 Å². The van der Waals surface area contributed by atoms with Crippen molar-refractivity contribution in [1.82, 2.24) is 9.29 Å². The van der Waals surface area contributed by atoms with E-state index < -0.39 is 10.0 Å². The average molecular weight is 368 g/mol. The molecular weight excluding hydrogens is 348 g/mol. The minimum Gasteiger partial charge on any atom is -0.440 e. The molecule has 2 fully saturated rings. The Morgan fingerprint density at radius 2 is 1.92 bits per heavy atom. The molecule has 0 atom stereocenters. The van der Waals surface area contributed by atoms with Crippen LogP contribution in [0.4, 0.5) is 0 Å². The van der Waals surface area contributed by atoms with E-state index in [-0.39, 0.29) is 0 Å². The van der Waals surface area contributed by atoms with E-state index in [0.29, 0.717) is 42.2 Å². The lowest BCUT2D eigenvalue weighted by atomic mass is 10.1. The van der Waals surface area contributed by atoms with Crippen LogP contribution in [-0.4, -0.2) is 44.0 Å². The van der Waals surface area contributed by atoms with E-state index in [2.05, 4.69) is 4.98 Å². The summed E-state index contributed by atoms with van der Waals surface area (Å²) in [6, 6.07) is 3.46. The van der Waals surface area contributed by atoms with Crippen LogP contribution in [-0.2, 0) is 14.8 Å². The quantitative estimate of drug-likeness (QED) is 0.829. The van der Waals surface area contributed by atoms with Crippen LogP contribution >= 0.6 is 11.3 Å². The Balaban J connectivity index is 1.56. The number of hydrogen-bond donors (Lipinski definition) is 0. The van der Waals surface area contributed by atoms with E-state index in [1.165, 1.54) is 28.5 Å². The number of aromatic nitrogens is 1. The van der Waals surface area contributed by atoms with Crippen LogP contribution in [0.2, 0.25) is 0 Å². The highest BCUT2D eigenvalue weighted by Crippen LogP contribution is 2.37. The van der Waals surface area contributed by atoms with Crippen molar-refractivity contribution in [2.45, 2.75) is 35.8 Å². The van der Waals surface area contributed by atoms with E-state index >= 15 is 0 Å². The maximum atomic E-state index is 12.7. The lowest BCUT2D eigenvalue weighted by molar-refractivity contribution is 0.0731. The molecule has 0 spiro atoms. The molecule has 0 bridgehead atoms. The van der Waals surface area contributed by atoms with Gasteiger partial charge in [-0.15, -0.1) is 11.3 Å². The molecular formula is C16H20N2O4S2. The molecule has 24 heavy (non-hydrogen) atoms. The van der Waals surface area contributed by atoms with Crippen molar-refractivity contribution in [3.05, 3.63) is 24.2 Å². The Bertz CT molecular complexity index is 800. The van der Waals surface area contributed by atoms with Crippen LogP contribution in [0.25, 0.3) is 10.6 Å². The summed E-state index contributed by atoms with van der Waals surface area (Å²) in [5, 5.41) is 0. The highest BCUT2D eigenvalue weighted by atomic mass is 32.2. The fourth-order valence-corrected chi connectivity index (χ4v) is 6.08. The molecule has 4 rings (SSSR count). The summed E-state index contributed by atoms with van der Waals surface area (Å²) < 4.78 is 38.3. The third kappa shape index (κ3) is 3.03. The molecule has 3 heterocycles. The highest BCUT2D eigenvalue weighted by Gasteiger charge is 2.28. The Kier molecular flexibility index (Phi) is 4.46. The predicted molar refractivity (Wildman–Crippen MR) is 90.6 cm³/mol. The van der Waals surface area contributed by atoms with Crippen LogP contribution in [0.5, 0.6) is 0 Å². The van der Waals surface area contributed by atoms with Gasteiger partial charge in [0.05, 0.1) is 24.3 Å². The summed E-state index contributed by atoms with van der Waals surface area (Å²) in [5.41, 5.74) is 0. The second-order valence-electron chi connectivity index (χ2n) is 6.18. The molecule has 0 N–H and O–H groups in total. The van der Waals surface area contributed by atoms with E-state index in [1.54, 1.807) is 18.3 Å². The van der Waals surface area contributed by atoms with E-state index in [9.17, 15) is 8.42 Å². The van der Waals surface area contributed by atoms with Gasteiger partial charge < -0.3 is 9.15 Å². The summed E-state index contributed by atoms with van der Waals surface area (Å²) in [6.45, 7) is 1.71. The zero-order chi connectivity index (χ0) is 16.6. The molecule has 2 aromatic rings. The van der Waals surface area contributed by atoms with Crippen molar-refractivity contribution in [1.29, 1.82) is 0 Å². The van der Waals surface area contributed by atoms with E-state index in [0.717, 1.165) is 23.6 Å². The first-order chi connectivity index (χ1) is 11.6. The van der Waals surface area contributed by atoms with Gasteiger partial charge in [0.2, 0.25) is 0 Å². The number of oxazole rings is 1. The topological polar surface area (TPSA) is 72.6 Å². The summed E-state index contributed by atoms with van der Waals surface area (Å²) in [6.07, 6.45) is 6.42. The van der Waals surface area contributed by atoms with Crippen molar-refractivity contribution in [3.63, 3.8) is 0 Å². The van der Waals surface area contributed by atoms with Crippen LogP contribution in [0.1, 0.15) is 37.5 Å². The zero-order valence-electron chi connectivity index (χ0n) is 13.3. The highest BCUT2D eigenvalue weighted by molar-refractivity contribution is 7.91. The predicted octanol–water partition coefficient (Wildman–Crippen LogP) is 3.08. The minimum absolute atomic E-state index is 0.346.